The van der Waals surface area contributed by atoms with Crippen LogP contribution in [0.4, 0.5) is 5.82 Å². The highest BCUT2D eigenvalue weighted by Crippen LogP contribution is 2.17. The van der Waals surface area contributed by atoms with E-state index in [2.05, 4.69) is 16.5 Å². The Kier molecular flexibility index (Phi) is 4.99. The molecule has 0 aliphatic carbocycles. The van der Waals surface area contributed by atoms with Gasteiger partial charge >= 0.3 is 0 Å². The third kappa shape index (κ3) is 3.35. The van der Waals surface area contributed by atoms with Gasteiger partial charge < -0.3 is 10.0 Å². The lowest BCUT2D eigenvalue weighted by Gasteiger charge is -2.20. The van der Waals surface area contributed by atoms with Crippen LogP contribution >= 0.6 is 0 Å². The molecule has 1 rings (SSSR count). The molecule has 0 aromatic carbocycles. The van der Waals surface area contributed by atoms with Gasteiger partial charge in [0, 0.05) is 19.8 Å². The first-order chi connectivity index (χ1) is 7.69. The molecule has 1 heterocycles. The number of anilines is 1. The van der Waals surface area contributed by atoms with Crippen molar-refractivity contribution >= 4 is 5.82 Å². The van der Waals surface area contributed by atoms with Crippen LogP contribution in [0, 0.1) is 6.92 Å². The number of hydrogen-bond donors (Lipinski definition) is 1. The van der Waals surface area contributed by atoms with E-state index in [0.717, 1.165) is 36.3 Å². The normalized spacial score (nSPS) is 10.2. The van der Waals surface area contributed by atoms with Gasteiger partial charge in [0.1, 0.15) is 5.82 Å². The van der Waals surface area contributed by atoms with Gasteiger partial charge in [-0.1, -0.05) is 6.08 Å². The molecule has 0 saturated heterocycles. The monoisotopic (exact) mass is 220 g/mol. The Bertz CT molecular complexity index is 350. The molecule has 0 saturated carbocycles. The maximum atomic E-state index is 9.00. The van der Waals surface area contributed by atoms with Crippen molar-refractivity contribution in [2.24, 2.45) is 0 Å². The number of nitrogens with zero attached hydrogens (tertiary/aromatic N) is 2. The molecular formula is C13H20N2O. The molecule has 88 valence electrons. The van der Waals surface area contributed by atoms with Crippen LogP contribution < -0.4 is 4.90 Å². The molecule has 0 unspecified atom stereocenters. The summed E-state index contributed by atoms with van der Waals surface area (Å²) in [4.78, 5) is 6.51. The zero-order valence-corrected chi connectivity index (χ0v) is 10.1. The molecule has 0 fully saturated rings. The average molecular weight is 220 g/mol. The first-order valence-corrected chi connectivity index (χ1v) is 5.57. The van der Waals surface area contributed by atoms with E-state index in [4.69, 9.17) is 5.11 Å². The number of aliphatic hydroxyl groups excluding tert-OH is 1. The number of pyridine rings is 1. The minimum Gasteiger partial charge on any atom is -0.392 e. The first kappa shape index (κ1) is 12.7. The molecule has 1 N–H and O–H groups in total. The Morgan fingerprint density at radius 2 is 2.31 bits per heavy atom. The molecule has 1 aromatic heterocycles. The van der Waals surface area contributed by atoms with Gasteiger partial charge in [0.05, 0.1) is 6.61 Å². The fourth-order valence-electron chi connectivity index (χ4n) is 1.69. The highest BCUT2D eigenvalue weighted by Gasteiger charge is 2.06. The summed E-state index contributed by atoms with van der Waals surface area (Å²) in [5.74, 6) is 0.987. The van der Waals surface area contributed by atoms with Crippen LogP contribution in [0.25, 0.3) is 0 Å². The van der Waals surface area contributed by atoms with Gasteiger partial charge in [-0.15, -0.1) is 6.58 Å². The van der Waals surface area contributed by atoms with Crippen molar-refractivity contribution in [1.29, 1.82) is 0 Å². The van der Waals surface area contributed by atoms with Crippen molar-refractivity contribution in [2.75, 3.05) is 18.5 Å². The van der Waals surface area contributed by atoms with E-state index in [-0.39, 0.29) is 6.61 Å². The smallest absolute Gasteiger partial charge is 0.131 e. The fraction of sp³-hybridized carbons (Fsp3) is 0.462. The molecular weight excluding hydrogens is 200 g/mol. The number of aliphatic hydroxyl groups is 1. The van der Waals surface area contributed by atoms with Gasteiger partial charge in [0.2, 0.25) is 0 Å². The number of hydrogen-bond acceptors (Lipinski definition) is 3. The summed E-state index contributed by atoms with van der Waals surface area (Å²) >= 11 is 0. The minimum atomic E-state index is 0.0499. The third-order valence-corrected chi connectivity index (χ3v) is 2.55. The molecule has 3 heteroatoms. The van der Waals surface area contributed by atoms with Gasteiger partial charge in [0.15, 0.2) is 0 Å². The lowest BCUT2D eigenvalue weighted by molar-refractivity contribution is 0.281. The molecule has 16 heavy (non-hydrogen) atoms. The third-order valence-electron chi connectivity index (χ3n) is 2.55. The van der Waals surface area contributed by atoms with E-state index in [1.165, 1.54) is 0 Å². The second-order valence-corrected chi connectivity index (χ2v) is 3.99. The van der Waals surface area contributed by atoms with Gasteiger partial charge in [-0.05, 0) is 37.0 Å². The number of rotatable bonds is 6. The topological polar surface area (TPSA) is 36.4 Å². The molecule has 0 bridgehead atoms. The molecule has 0 atom stereocenters. The van der Waals surface area contributed by atoms with Gasteiger partial charge in [-0.3, -0.25) is 0 Å². The van der Waals surface area contributed by atoms with Crippen LogP contribution in [0.5, 0.6) is 0 Å². The Labute approximate surface area is 97.4 Å². The molecule has 0 amide bonds. The average Bonchev–Trinajstić information content (AvgIpc) is 2.29. The van der Waals surface area contributed by atoms with Crippen molar-refractivity contribution in [3.63, 3.8) is 0 Å². The number of allylic oxidation sites excluding steroid dienone is 1. The number of aromatic nitrogens is 1. The second kappa shape index (κ2) is 6.28. The fourth-order valence-corrected chi connectivity index (χ4v) is 1.69. The van der Waals surface area contributed by atoms with Crippen LogP contribution in [-0.2, 0) is 6.61 Å². The summed E-state index contributed by atoms with van der Waals surface area (Å²) in [6.45, 7) is 6.75. The van der Waals surface area contributed by atoms with Crippen molar-refractivity contribution in [3.05, 3.63) is 36.0 Å². The standard InChI is InChI=1S/C13H20N2O/c1-4-5-6-7-15(3)13-11(2)8-12(10-16)9-14-13/h4,8-9,16H,1,5-7,10H2,2-3H3. The van der Waals surface area contributed by atoms with Crippen molar-refractivity contribution in [2.45, 2.75) is 26.4 Å². The minimum absolute atomic E-state index is 0.0499. The van der Waals surface area contributed by atoms with E-state index in [9.17, 15) is 0 Å². The van der Waals surface area contributed by atoms with Gasteiger partial charge in [-0.25, -0.2) is 4.98 Å². The van der Waals surface area contributed by atoms with Crippen LogP contribution in [0.3, 0.4) is 0 Å². The summed E-state index contributed by atoms with van der Waals surface area (Å²) < 4.78 is 0. The van der Waals surface area contributed by atoms with Gasteiger partial charge in [-0.2, -0.15) is 0 Å². The van der Waals surface area contributed by atoms with Crippen molar-refractivity contribution in [1.82, 2.24) is 4.98 Å². The van der Waals surface area contributed by atoms with E-state index < -0.39 is 0 Å². The summed E-state index contributed by atoms with van der Waals surface area (Å²) in [5, 5.41) is 9.00. The van der Waals surface area contributed by atoms with Crippen molar-refractivity contribution in [3.8, 4) is 0 Å². The highest BCUT2D eigenvalue weighted by atomic mass is 16.3. The van der Waals surface area contributed by atoms with Crippen molar-refractivity contribution < 1.29 is 5.11 Å². The largest absolute Gasteiger partial charge is 0.392 e. The number of aryl methyl sites for hydroxylation is 1. The van der Waals surface area contributed by atoms with Crippen LogP contribution in [0.15, 0.2) is 24.9 Å². The molecule has 3 nitrogen and oxygen atoms in total. The van der Waals surface area contributed by atoms with E-state index in [0.29, 0.717) is 0 Å². The Hall–Kier alpha value is -1.35. The maximum absolute atomic E-state index is 9.00. The molecule has 1 aromatic rings. The second-order valence-electron chi connectivity index (χ2n) is 3.99. The summed E-state index contributed by atoms with van der Waals surface area (Å²) in [6.07, 6.45) is 5.77. The molecule has 0 radical (unpaired) electrons. The van der Waals surface area contributed by atoms with Crippen LogP contribution in [0.1, 0.15) is 24.0 Å². The summed E-state index contributed by atoms with van der Waals surface area (Å²) in [6, 6.07) is 1.98. The van der Waals surface area contributed by atoms with Gasteiger partial charge in [0.25, 0.3) is 0 Å². The summed E-state index contributed by atoms with van der Waals surface area (Å²) in [5.41, 5.74) is 1.97. The molecule has 0 aliphatic rings. The highest BCUT2D eigenvalue weighted by molar-refractivity contribution is 5.46. The summed E-state index contributed by atoms with van der Waals surface area (Å²) in [7, 11) is 2.04. The Morgan fingerprint density at radius 1 is 1.56 bits per heavy atom. The van der Waals surface area contributed by atoms with Crippen LogP contribution in [0.2, 0.25) is 0 Å². The lowest BCUT2D eigenvalue weighted by Crippen LogP contribution is -2.20. The molecule has 0 spiro atoms. The Balaban J connectivity index is 2.67. The first-order valence-electron chi connectivity index (χ1n) is 5.57. The Morgan fingerprint density at radius 3 is 2.88 bits per heavy atom. The lowest BCUT2D eigenvalue weighted by atomic mass is 10.2. The maximum Gasteiger partial charge on any atom is 0.131 e. The quantitative estimate of drug-likeness (QED) is 0.590. The van der Waals surface area contributed by atoms with E-state index in [1.54, 1.807) is 6.20 Å². The predicted octanol–water partition coefficient (Wildman–Crippen LogP) is 2.28. The SMILES string of the molecule is C=CCCCN(C)c1ncc(CO)cc1C. The van der Waals surface area contributed by atoms with Crippen LogP contribution in [-0.4, -0.2) is 23.7 Å². The zero-order chi connectivity index (χ0) is 12.0. The van der Waals surface area contributed by atoms with E-state index >= 15 is 0 Å². The van der Waals surface area contributed by atoms with E-state index in [1.807, 2.05) is 26.1 Å². The zero-order valence-electron chi connectivity index (χ0n) is 10.1. The molecule has 0 aliphatic heterocycles. The predicted molar refractivity (Wildman–Crippen MR) is 67.6 cm³/mol. The number of unbranched alkanes of at least 4 members (excludes halogenated alkanes) is 1.